The summed E-state index contributed by atoms with van der Waals surface area (Å²) in [5, 5.41) is 23.3. The molecule has 0 unspecified atom stereocenters. The number of nitrogens with two attached hydrogens (primary N) is 1. The van der Waals surface area contributed by atoms with Crippen LogP contribution in [0.4, 0.5) is 5.69 Å². The zero-order chi connectivity index (χ0) is 19.9. The monoisotopic (exact) mass is 531 g/mol. The number of rotatable bonds is 3. The van der Waals surface area contributed by atoms with Gasteiger partial charge in [0.05, 0.1) is 20.0 Å². The summed E-state index contributed by atoms with van der Waals surface area (Å²) in [6.45, 7) is 0. The molecule has 4 N–H and O–H groups in total. The minimum absolute atomic E-state index is 0.0263. The predicted molar refractivity (Wildman–Crippen MR) is 112 cm³/mol. The molecule has 0 aliphatic carbocycles. The fraction of sp³-hybridized carbons (Fsp3) is 0. The number of primary sulfonamides is 1. The molecule has 27 heavy (non-hydrogen) atoms. The van der Waals surface area contributed by atoms with Gasteiger partial charge in [-0.15, -0.1) is 0 Å². The lowest BCUT2D eigenvalue weighted by Crippen LogP contribution is -2.28. The van der Waals surface area contributed by atoms with Gasteiger partial charge in [-0.1, -0.05) is 15.9 Å². The maximum absolute atomic E-state index is 12.7. The number of hydrogen-bond donors (Lipinski definition) is 3. The van der Waals surface area contributed by atoms with Crippen LogP contribution in [0.2, 0.25) is 0 Å². The summed E-state index contributed by atoms with van der Waals surface area (Å²) in [5.41, 5.74) is 0.749. The summed E-state index contributed by atoms with van der Waals surface area (Å²) in [7, 11) is -3.84. The average Bonchev–Trinajstić information content (AvgIpc) is 2.85. The van der Waals surface area contributed by atoms with Gasteiger partial charge in [0.25, 0.3) is 5.91 Å². The molecule has 1 fully saturated rings. The van der Waals surface area contributed by atoms with Crippen molar-refractivity contribution in [3.63, 3.8) is 0 Å². The Labute approximate surface area is 176 Å². The first-order chi connectivity index (χ1) is 12.6. The van der Waals surface area contributed by atoms with Crippen molar-refractivity contribution < 1.29 is 18.3 Å². The Morgan fingerprint density at radius 2 is 1.81 bits per heavy atom. The molecule has 1 aliphatic rings. The summed E-state index contributed by atoms with van der Waals surface area (Å²) < 4.78 is 23.9. The molecule has 1 amide bonds. The summed E-state index contributed by atoms with van der Waals surface area (Å²) >= 11 is 7.49. The zero-order valence-electron chi connectivity index (χ0n) is 13.3. The Hall–Kier alpha value is -1.66. The van der Waals surface area contributed by atoms with E-state index >= 15 is 0 Å². The molecule has 0 saturated carbocycles. The van der Waals surface area contributed by atoms with Crippen molar-refractivity contribution >= 4 is 76.5 Å². The van der Waals surface area contributed by atoms with Crippen molar-refractivity contribution in [1.29, 1.82) is 5.41 Å². The molecule has 2 aromatic rings. The Kier molecular flexibility index (Phi) is 5.50. The Morgan fingerprint density at radius 3 is 2.41 bits per heavy atom. The molecule has 0 bridgehead atoms. The molecular weight excluding hydrogens is 522 g/mol. The number of phenolic OH excluding ortho intramolecular Hbond substituents is 1. The third-order valence-electron chi connectivity index (χ3n) is 3.59. The lowest BCUT2D eigenvalue weighted by molar-refractivity contribution is -0.113. The summed E-state index contributed by atoms with van der Waals surface area (Å²) in [6.07, 6.45) is 1.49. The predicted octanol–water partition coefficient (Wildman–Crippen LogP) is 3.62. The highest BCUT2D eigenvalue weighted by molar-refractivity contribution is 9.11. The number of anilines is 1. The van der Waals surface area contributed by atoms with Crippen molar-refractivity contribution in [1.82, 2.24) is 0 Å². The number of aromatic hydroxyl groups is 1. The number of nitrogens with one attached hydrogen (secondary N) is 1. The van der Waals surface area contributed by atoms with Gasteiger partial charge in [0.15, 0.2) is 5.17 Å². The fourth-order valence-electron chi connectivity index (χ4n) is 2.34. The van der Waals surface area contributed by atoms with E-state index in [-0.39, 0.29) is 20.7 Å². The van der Waals surface area contributed by atoms with Crippen molar-refractivity contribution in [2.75, 3.05) is 4.90 Å². The molecule has 11 heteroatoms. The van der Waals surface area contributed by atoms with Crippen LogP contribution in [0.3, 0.4) is 0 Å². The number of carbonyl (C=O) groups is 1. The van der Waals surface area contributed by atoms with E-state index in [1.165, 1.54) is 30.3 Å². The highest BCUT2D eigenvalue weighted by Crippen LogP contribution is 2.38. The smallest absolute Gasteiger partial charge is 0.271 e. The highest BCUT2D eigenvalue weighted by atomic mass is 79.9. The van der Waals surface area contributed by atoms with E-state index < -0.39 is 15.9 Å². The molecule has 1 saturated heterocycles. The van der Waals surface area contributed by atoms with Crippen molar-refractivity contribution in [2.24, 2.45) is 5.14 Å². The quantitative estimate of drug-likeness (QED) is 0.520. The molecule has 0 aromatic heterocycles. The van der Waals surface area contributed by atoms with Gasteiger partial charge in [-0.2, -0.15) is 0 Å². The molecule has 0 radical (unpaired) electrons. The van der Waals surface area contributed by atoms with Crippen LogP contribution in [0.1, 0.15) is 5.56 Å². The number of halogens is 2. The second-order valence-corrected chi connectivity index (χ2v) is 9.78. The molecule has 1 heterocycles. The molecule has 0 atom stereocenters. The van der Waals surface area contributed by atoms with Crippen LogP contribution in [-0.4, -0.2) is 24.6 Å². The average molecular weight is 533 g/mol. The highest BCUT2D eigenvalue weighted by Gasteiger charge is 2.34. The van der Waals surface area contributed by atoms with Gasteiger partial charge in [-0.25, -0.2) is 13.6 Å². The van der Waals surface area contributed by atoms with Gasteiger partial charge < -0.3 is 5.11 Å². The van der Waals surface area contributed by atoms with E-state index in [2.05, 4.69) is 31.9 Å². The number of amides is 1. The maximum Gasteiger partial charge on any atom is 0.271 e. The second-order valence-electron chi connectivity index (χ2n) is 5.42. The van der Waals surface area contributed by atoms with Crippen molar-refractivity contribution in [2.45, 2.75) is 4.90 Å². The van der Waals surface area contributed by atoms with Crippen LogP contribution in [0.5, 0.6) is 5.75 Å². The van der Waals surface area contributed by atoms with E-state index in [1.54, 1.807) is 12.1 Å². The van der Waals surface area contributed by atoms with Crippen LogP contribution < -0.4 is 10.0 Å². The van der Waals surface area contributed by atoms with Crippen molar-refractivity contribution in [3.05, 3.63) is 55.8 Å². The fourth-order valence-corrected chi connectivity index (χ4v) is 4.97. The Morgan fingerprint density at radius 1 is 1.19 bits per heavy atom. The molecular formula is C16H11Br2N3O4S2. The topological polar surface area (TPSA) is 125 Å². The zero-order valence-corrected chi connectivity index (χ0v) is 18.1. The molecule has 7 nitrogen and oxygen atoms in total. The van der Waals surface area contributed by atoms with Crippen LogP contribution in [-0.2, 0) is 14.8 Å². The lowest BCUT2D eigenvalue weighted by Gasteiger charge is -2.14. The number of amidine groups is 1. The van der Waals surface area contributed by atoms with Gasteiger partial charge in [0.1, 0.15) is 5.75 Å². The van der Waals surface area contributed by atoms with E-state index in [1.807, 2.05) is 0 Å². The first-order valence-corrected chi connectivity index (χ1v) is 11.2. The maximum atomic E-state index is 12.7. The van der Waals surface area contributed by atoms with Crippen molar-refractivity contribution in [3.8, 4) is 5.75 Å². The Bertz CT molecular complexity index is 1100. The molecule has 0 spiro atoms. The van der Waals surface area contributed by atoms with E-state index in [9.17, 15) is 18.3 Å². The summed E-state index contributed by atoms with van der Waals surface area (Å²) in [6, 6.07) is 8.67. The summed E-state index contributed by atoms with van der Waals surface area (Å²) in [5.74, 6) is -0.481. The van der Waals surface area contributed by atoms with Crippen LogP contribution in [0.25, 0.3) is 6.08 Å². The van der Waals surface area contributed by atoms with Crippen LogP contribution >= 0.6 is 43.6 Å². The normalized spacial score (nSPS) is 16.4. The number of thioether (sulfide) groups is 1. The van der Waals surface area contributed by atoms with E-state index in [0.717, 1.165) is 16.7 Å². The molecule has 3 rings (SSSR count). The minimum atomic E-state index is -3.84. The first-order valence-electron chi connectivity index (χ1n) is 7.21. The van der Waals surface area contributed by atoms with Gasteiger partial charge in [-0.05, 0) is 70.2 Å². The molecule has 1 aliphatic heterocycles. The number of nitrogens with zero attached hydrogens (tertiary/aromatic N) is 1. The number of sulfonamides is 1. The lowest BCUT2D eigenvalue weighted by atomic mass is 10.2. The van der Waals surface area contributed by atoms with E-state index in [4.69, 9.17) is 10.5 Å². The third-order valence-corrected chi connectivity index (χ3v) is 6.47. The van der Waals surface area contributed by atoms with Gasteiger partial charge in [0.2, 0.25) is 10.0 Å². The second kappa shape index (κ2) is 7.40. The molecule has 140 valence electrons. The van der Waals surface area contributed by atoms with Gasteiger partial charge >= 0.3 is 0 Å². The van der Waals surface area contributed by atoms with Crippen LogP contribution in [0, 0.1) is 5.41 Å². The SMILES string of the molecule is N=C1S/C(=C\c2cc(Br)cc(Br)c2O)C(=O)N1c1ccc(S(N)(=O)=O)cc1. The molecule has 2 aromatic carbocycles. The number of hydrogen-bond acceptors (Lipinski definition) is 6. The van der Waals surface area contributed by atoms with E-state index in [0.29, 0.717) is 20.2 Å². The number of benzene rings is 2. The van der Waals surface area contributed by atoms with Gasteiger partial charge in [-0.3, -0.25) is 15.1 Å². The first kappa shape index (κ1) is 20.1. The standard InChI is InChI=1S/C16H11Br2N3O4S2/c17-9-5-8(14(22)12(18)7-9)6-13-15(23)21(16(19)26-13)10-1-3-11(4-2-10)27(20,24)25/h1-7,19,22H,(H2,20,24,25)/b13-6-,19-16?. The Balaban J connectivity index is 1.96. The van der Waals surface area contributed by atoms with Gasteiger partial charge in [0, 0.05) is 10.0 Å². The summed E-state index contributed by atoms with van der Waals surface area (Å²) in [4.78, 5) is 14.0. The van der Waals surface area contributed by atoms with Crippen LogP contribution in [0.15, 0.2) is 55.1 Å². The number of carbonyl (C=O) groups excluding carboxylic acids is 1. The third kappa shape index (κ3) is 4.11. The number of phenols is 1. The minimum Gasteiger partial charge on any atom is -0.506 e. The largest absolute Gasteiger partial charge is 0.506 e.